The maximum absolute atomic E-state index is 11.7. The summed E-state index contributed by atoms with van der Waals surface area (Å²) in [6.45, 7) is 0.647. The summed E-state index contributed by atoms with van der Waals surface area (Å²) in [6.07, 6.45) is 2.33. The summed E-state index contributed by atoms with van der Waals surface area (Å²) in [5.41, 5.74) is 3.88. The molecule has 1 amide bonds. The second kappa shape index (κ2) is 9.77. The van der Waals surface area contributed by atoms with E-state index in [1.165, 1.54) is 18.3 Å². The number of hydrazone groups is 1. The number of nitro groups is 1. The number of ether oxygens (including phenoxy) is 1. The van der Waals surface area contributed by atoms with Crippen molar-refractivity contribution in [2.45, 2.75) is 12.8 Å². The van der Waals surface area contributed by atoms with E-state index in [9.17, 15) is 14.9 Å². The molecule has 0 spiro atoms. The van der Waals surface area contributed by atoms with Gasteiger partial charge in [-0.2, -0.15) is 5.10 Å². The lowest BCUT2D eigenvalue weighted by Gasteiger charge is -2.06. The van der Waals surface area contributed by atoms with Crippen molar-refractivity contribution in [2.24, 2.45) is 5.10 Å². The van der Waals surface area contributed by atoms with Gasteiger partial charge in [0.1, 0.15) is 5.75 Å². The van der Waals surface area contributed by atoms with Gasteiger partial charge in [0.2, 0.25) is 5.91 Å². The molecule has 0 radical (unpaired) electrons. The summed E-state index contributed by atoms with van der Waals surface area (Å²) >= 11 is 0. The molecule has 0 aliphatic rings. The SMILES string of the molecule is COc1ccc(NCCCC(=O)N/N=C/c2cccc([N+](=O)[O-])c2)cc1. The first-order chi connectivity index (χ1) is 12.6. The summed E-state index contributed by atoms with van der Waals surface area (Å²) in [7, 11) is 1.61. The molecule has 2 aromatic rings. The number of hydrogen-bond donors (Lipinski definition) is 2. The Labute approximate surface area is 151 Å². The fraction of sp³-hybridized carbons (Fsp3) is 0.222. The summed E-state index contributed by atoms with van der Waals surface area (Å²) in [6, 6.07) is 13.5. The van der Waals surface area contributed by atoms with Crippen molar-refractivity contribution in [1.82, 2.24) is 5.43 Å². The van der Waals surface area contributed by atoms with Crippen molar-refractivity contribution in [3.8, 4) is 5.75 Å². The van der Waals surface area contributed by atoms with E-state index in [1.54, 1.807) is 19.2 Å². The van der Waals surface area contributed by atoms with Crippen LogP contribution in [0.4, 0.5) is 11.4 Å². The summed E-state index contributed by atoms with van der Waals surface area (Å²) in [5, 5.41) is 17.7. The molecular formula is C18H20N4O4. The van der Waals surface area contributed by atoms with Gasteiger partial charge in [-0.25, -0.2) is 5.43 Å². The highest BCUT2D eigenvalue weighted by molar-refractivity contribution is 5.83. The number of hydrogen-bond acceptors (Lipinski definition) is 6. The Morgan fingerprint density at radius 2 is 2.04 bits per heavy atom. The molecule has 0 bridgehead atoms. The van der Waals surface area contributed by atoms with E-state index >= 15 is 0 Å². The third-order valence-corrected chi connectivity index (χ3v) is 3.48. The summed E-state index contributed by atoms with van der Waals surface area (Å²) in [5.74, 6) is 0.569. The van der Waals surface area contributed by atoms with E-state index in [4.69, 9.17) is 4.74 Å². The van der Waals surface area contributed by atoms with Gasteiger partial charge in [-0.1, -0.05) is 12.1 Å². The number of non-ortho nitro benzene ring substituents is 1. The first-order valence-electron chi connectivity index (χ1n) is 8.03. The Hall–Kier alpha value is -3.42. The molecule has 2 N–H and O–H groups in total. The molecule has 8 heteroatoms. The highest BCUT2D eigenvalue weighted by Gasteiger charge is 2.04. The maximum Gasteiger partial charge on any atom is 0.270 e. The van der Waals surface area contributed by atoms with Crippen molar-refractivity contribution in [1.29, 1.82) is 0 Å². The number of rotatable bonds is 9. The predicted octanol–water partition coefficient (Wildman–Crippen LogP) is 2.95. The van der Waals surface area contributed by atoms with Crippen LogP contribution in [0.1, 0.15) is 18.4 Å². The zero-order chi connectivity index (χ0) is 18.8. The molecule has 0 atom stereocenters. The fourth-order valence-corrected chi connectivity index (χ4v) is 2.14. The van der Waals surface area contributed by atoms with Gasteiger partial charge in [-0.3, -0.25) is 14.9 Å². The normalized spacial score (nSPS) is 10.5. The monoisotopic (exact) mass is 356 g/mol. The number of amides is 1. The average Bonchev–Trinajstić information content (AvgIpc) is 2.66. The Morgan fingerprint density at radius 1 is 1.27 bits per heavy atom. The first kappa shape index (κ1) is 18.9. The Kier molecular flexibility index (Phi) is 7.11. The minimum atomic E-state index is -0.480. The topological polar surface area (TPSA) is 106 Å². The van der Waals surface area contributed by atoms with E-state index in [2.05, 4.69) is 15.8 Å². The Bertz CT molecular complexity index is 775. The van der Waals surface area contributed by atoms with Gasteiger partial charge < -0.3 is 10.1 Å². The van der Waals surface area contributed by atoms with Crippen LogP contribution in [0.2, 0.25) is 0 Å². The highest BCUT2D eigenvalue weighted by Crippen LogP contribution is 2.15. The van der Waals surface area contributed by atoms with Crippen molar-refractivity contribution < 1.29 is 14.5 Å². The number of nitro benzene ring substituents is 1. The molecule has 2 rings (SSSR count). The first-order valence-corrected chi connectivity index (χ1v) is 8.03. The van der Waals surface area contributed by atoms with Crippen LogP contribution in [0.15, 0.2) is 53.6 Å². The zero-order valence-corrected chi connectivity index (χ0v) is 14.3. The van der Waals surface area contributed by atoms with Gasteiger partial charge in [0, 0.05) is 36.3 Å². The minimum absolute atomic E-state index is 0.0233. The Balaban J connectivity index is 1.68. The van der Waals surface area contributed by atoms with E-state index in [0.29, 0.717) is 24.9 Å². The van der Waals surface area contributed by atoms with Gasteiger partial charge in [0.05, 0.1) is 18.2 Å². The van der Waals surface area contributed by atoms with Crippen LogP contribution in [0.5, 0.6) is 5.75 Å². The Morgan fingerprint density at radius 3 is 2.73 bits per heavy atom. The van der Waals surface area contributed by atoms with Crippen LogP contribution in [0, 0.1) is 10.1 Å². The number of anilines is 1. The highest BCUT2D eigenvalue weighted by atomic mass is 16.6. The predicted molar refractivity (Wildman–Crippen MR) is 99.6 cm³/mol. The van der Waals surface area contributed by atoms with Crippen LogP contribution < -0.4 is 15.5 Å². The van der Waals surface area contributed by atoms with Gasteiger partial charge in [-0.15, -0.1) is 0 Å². The molecule has 136 valence electrons. The second-order valence-corrected chi connectivity index (χ2v) is 5.40. The molecule has 0 heterocycles. The number of benzene rings is 2. The maximum atomic E-state index is 11.7. The fourth-order valence-electron chi connectivity index (χ4n) is 2.14. The van der Waals surface area contributed by atoms with E-state index in [1.807, 2.05) is 24.3 Å². The molecule has 0 unspecified atom stereocenters. The minimum Gasteiger partial charge on any atom is -0.497 e. The van der Waals surface area contributed by atoms with Crippen LogP contribution in [-0.2, 0) is 4.79 Å². The zero-order valence-electron chi connectivity index (χ0n) is 14.3. The summed E-state index contributed by atoms with van der Waals surface area (Å²) in [4.78, 5) is 21.9. The quantitative estimate of drug-likeness (QED) is 0.311. The second-order valence-electron chi connectivity index (χ2n) is 5.40. The van der Waals surface area contributed by atoms with Crippen molar-refractivity contribution in [2.75, 3.05) is 19.0 Å². The van der Waals surface area contributed by atoms with E-state index in [0.717, 1.165) is 11.4 Å². The molecule has 0 aromatic heterocycles. The molecule has 0 saturated heterocycles. The number of nitrogens with zero attached hydrogens (tertiary/aromatic N) is 2. The lowest BCUT2D eigenvalue weighted by atomic mass is 10.2. The molecule has 0 aliphatic heterocycles. The molecule has 26 heavy (non-hydrogen) atoms. The van der Waals surface area contributed by atoms with Crippen LogP contribution in [0.3, 0.4) is 0 Å². The third-order valence-electron chi connectivity index (χ3n) is 3.48. The molecule has 0 saturated carbocycles. The standard InChI is InChI=1S/C18H20N4O4/c1-26-17-9-7-15(8-10-17)19-11-3-6-18(23)21-20-13-14-4-2-5-16(12-14)22(24)25/h2,4-5,7-10,12-13,19H,3,6,11H2,1H3,(H,21,23)/b20-13+. The van der Waals surface area contributed by atoms with Crippen molar-refractivity contribution in [3.63, 3.8) is 0 Å². The molecule has 2 aromatic carbocycles. The number of nitrogens with one attached hydrogen (secondary N) is 2. The number of carbonyl (C=O) groups excluding carboxylic acids is 1. The lowest BCUT2D eigenvalue weighted by Crippen LogP contribution is -2.18. The number of carbonyl (C=O) groups is 1. The van der Waals surface area contributed by atoms with E-state index < -0.39 is 4.92 Å². The van der Waals surface area contributed by atoms with Crippen LogP contribution >= 0.6 is 0 Å². The molecule has 0 aliphatic carbocycles. The van der Waals surface area contributed by atoms with Crippen LogP contribution in [0.25, 0.3) is 0 Å². The largest absolute Gasteiger partial charge is 0.497 e. The van der Waals surface area contributed by atoms with Crippen LogP contribution in [-0.4, -0.2) is 30.7 Å². The molecule has 0 fully saturated rings. The smallest absolute Gasteiger partial charge is 0.270 e. The molecular weight excluding hydrogens is 336 g/mol. The summed E-state index contributed by atoms with van der Waals surface area (Å²) < 4.78 is 5.09. The lowest BCUT2D eigenvalue weighted by molar-refractivity contribution is -0.384. The molecule has 8 nitrogen and oxygen atoms in total. The average molecular weight is 356 g/mol. The third kappa shape index (κ3) is 6.23. The van der Waals surface area contributed by atoms with Gasteiger partial charge in [-0.05, 0) is 30.7 Å². The van der Waals surface area contributed by atoms with Gasteiger partial charge >= 0.3 is 0 Å². The van der Waals surface area contributed by atoms with Gasteiger partial charge in [0.25, 0.3) is 5.69 Å². The van der Waals surface area contributed by atoms with Crippen molar-refractivity contribution >= 4 is 23.5 Å². The van der Waals surface area contributed by atoms with Crippen molar-refractivity contribution in [3.05, 3.63) is 64.2 Å². The van der Waals surface area contributed by atoms with Gasteiger partial charge in [0.15, 0.2) is 0 Å². The number of methoxy groups -OCH3 is 1. The van der Waals surface area contributed by atoms with E-state index in [-0.39, 0.29) is 11.6 Å².